The van der Waals surface area contributed by atoms with Crippen molar-refractivity contribution in [1.29, 1.82) is 0 Å². The maximum atomic E-state index is 13.3. The molecule has 2 fully saturated rings. The molecular formula is C29H48N3O8PS. The lowest BCUT2D eigenvalue weighted by molar-refractivity contribution is -0.154. The molecule has 6 N–H and O–H groups in total. The molecule has 2 saturated heterocycles. The number of ketones is 1. The molecule has 13 heteroatoms. The smallest absolute Gasteiger partial charge is 0.309 e. The molecule has 11 nitrogen and oxygen atoms in total. The number of nitrogens with one attached hydrogen (secondary N) is 1. The van der Waals surface area contributed by atoms with Crippen molar-refractivity contribution < 1.29 is 38.7 Å². The molecule has 0 aliphatic carbocycles. The van der Waals surface area contributed by atoms with E-state index in [4.69, 9.17) is 15.2 Å². The number of cyclic esters (lactones) is 1. The van der Waals surface area contributed by atoms with Crippen molar-refractivity contribution in [2.45, 2.75) is 110 Å². The van der Waals surface area contributed by atoms with E-state index in [0.717, 1.165) is 24.8 Å². The standard InChI is InChI=1S/C29H48N3O8PS/c1-17-8-7-9-29(6)23(40-29)13-21(39-25(34)14-22(33)28(4,5)27(36)19(3)26(17)35)18(2)12-20-16-42-24(32-20)15-31-41(37,38)11-10-30/h12,16-17,19,21-23,26,33,35H,7-11,13-15,30H2,1-6H3,(H2,31,37,38)/b18-12+/t17-,19+,21+,22-,23?,26-,29+/m0/s1. The van der Waals surface area contributed by atoms with Crippen LogP contribution < -0.4 is 10.8 Å². The van der Waals surface area contributed by atoms with E-state index in [1.165, 1.54) is 11.3 Å². The monoisotopic (exact) mass is 629 g/mol. The Balaban J connectivity index is 1.80. The minimum atomic E-state index is -3.53. The lowest BCUT2D eigenvalue weighted by Crippen LogP contribution is -2.45. The normalized spacial score (nSPS) is 34.8. The minimum Gasteiger partial charge on any atom is -0.458 e. The van der Waals surface area contributed by atoms with Crippen molar-refractivity contribution in [2.75, 3.05) is 12.7 Å². The maximum Gasteiger partial charge on any atom is 0.309 e. The van der Waals surface area contributed by atoms with E-state index in [1.807, 2.05) is 32.2 Å². The molecule has 0 saturated carbocycles. The first-order valence-electron chi connectivity index (χ1n) is 14.7. The third-order valence-electron chi connectivity index (χ3n) is 8.77. The van der Waals surface area contributed by atoms with E-state index in [2.05, 4.69) is 10.1 Å². The fraction of sp³-hybridized carbons (Fsp3) is 0.759. The van der Waals surface area contributed by atoms with E-state index in [9.17, 15) is 29.3 Å². The van der Waals surface area contributed by atoms with E-state index >= 15 is 0 Å². The first-order chi connectivity index (χ1) is 19.5. The number of nitrogens with zero attached hydrogens (tertiary/aromatic N) is 1. The summed E-state index contributed by atoms with van der Waals surface area (Å²) in [5, 5.41) is 26.9. The predicted molar refractivity (Wildman–Crippen MR) is 162 cm³/mol. The number of hydrogen-bond donors (Lipinski definition) is 5. The number of thiazole rings is 1. The van der Waals surface area contributed by atoms with Gasteiger partial charge in [0.2, 0.25) is 0 Å². The van der Waals surface area contributed by atoms with Crippen LogP contribution in [0.4, 0.5) is 0 Å². The summed E-state index contributed by atoms with van der Waals surface area (Å²) in [6.07, 6.45) is 1.20. The zero-order valence-corrected chi connectivity index (χ0v) is 27.2. The molecule has 8 atom stereocenters. The number of Topliss-reactive ketones (excluding diaryl/α,β-unsaturated/α-hetero) is 1. The van der Waals surface area contributed by atoms with Gasteiger partial charge in [-0.05, 0) is 44.3 Å². The summed E-state index contributed by atoms with van der Waals surface area (Å²) in [4.78, 5) is 40.8. The molecule has 0 amide bonds. The highest BCUT2D eigenvalue weighted by molar-refractivity contribution is 7.55. The lowest BCUT2D eigenvalue weighted by atomic mass is 9.73. The molecule has 0 radical (unpaired) electrons. The number of aliphatic hydroxyl groups is 2. The van der Waals surface area contributed by atoms with Crippen LogP contribution in [-0.2, 0) is 30.2 Å². The number of carbonyl (C=O) groups excluding carboxylic acids is 2. The summed E-state index contributed by atoms with van der Waals surface area (Å²) in [6, 6.07) is 0. The number of fused-ring (bicyclic) bond motifs is 1. The molecular weight excluding hydrogens is 581 g/mol. The van der Waals surface area contributed by atoms with Gasteiger partial charge in [0, 0.05) is 24.3 Å². The molecule has 1 aromatic heterocycles. The number of aromatic nitrogens is 1. The zero-order valence-electron chi connectivity index (χ0n) is 25.5. The SMILES string of the molecule is C/C(=C\c1csc(CNP(=O)(O)CCN)n1)[C@H]1CC2O[C@]2(C)CCC[C@H](C)[C@H](O)[C@@H](C)C(=O)C(C)(C)[C@@H](O)CC(=O)O1. The van der Waals surface area contributed by atoms with Gasteiger partial charge in [0.25, 0.3) is 7.52 Å². The van der Waals surface area contributed by atoms with Gasteiger partial charge >= 0.3 is 5.97 Å². The summed E-state index contributed by atoms with van der Waals surface area (Å²) in [6.45, 7) is 10.9. The van der Waals surface area contributed by atoms with Crippen LogP contribution in [0.25, 0.3) is 6.08 Å². The quantitative estimate of drug-likeness (QED) is 0.169. The second-order valence-electron chi connectivity index (χ2n) is 12.7. The van der Waals surface area contributed by atoms with Gasteiger partial charge in [-0.3, -0.25) is 14.2 Å². The summed E-state index contributed by atoms with van der Waals surface area (Å²) >= 11 is 1.34. The average molecular weight is 630 g/mol. The van der Waals surface area contributed by atoms with Crippen LogP contribution in [0, 0.1) is 17.3 Å². The molecule has 42 heavy (non-hydrogen) atoms. The van der Waals surface area contributed by atoms with Crippen LogP contribution >= 0.6 is 18.9 Å². The van der Waals surface area contributed by atoms with Crippen LogP contribution in [0.15, 0.2) is 11.0 Å². The van der Waals surface area contributed by atoms with Crippen LogP contribution in [0.1, 0.15) is 84.3 Å². The second kappa shape index (κ2) is 14.1. The third kappa shape index (κ3) is 9.01. The lowest BCUT2D eigenvalue weighted by Gasteiger charge is -2.34. The summed E-state index contributed by atoms with van der Waals surface area (Å²) in [7, 11) is -3.53. The van der Waals surface area contributed by atoms with Gasteiger partial charge in [-0.2, -0.15) is 0 Å². The molecule has 2 aliphatic rings. The molecule has 0 spiro atoms. The Morgan fingerprint density at radius 1 is 1.29 bits per heavy atom. The first kappa shape index (κ1) is 35.0. The van der Waals surface area contributed by atoms with Crippen molar-refractivity contribution in [2.24, 2.45) is 23.0 Å². The van der Waals surface area contributed by atoms with Gasteiger partial charge in [0.15, 0.2) is 0 Å². The van der Waals surface area contributed by atoms with Crippen LogP contribution in [0.2, 0.25) is 0 Å². The Labute approximate surface area is 252 Å². The zero-order chi connectivity index (χ0) is 31.5. The number of aliphatic hydroxyl groups excluding tert-OH is 2. The number of ether oxygens (including phenoxy) is 2. The number of epoxide rings is 1. The van der Waals surface area contributed by atoms with Crippen molar-refractivity contribution in [1.82, 2.24) is 10.1 Å². The van der Waals surface area contributed by atoms with Gasteiger partial charge in [0.1, 0.15) is 16.9 Å². The Morgan fingerprint density at radius 3 is 2.64 bits per heavy atom. The van der Waals surface area contributed by atoms with E-state index in [1.54, 1.807) is 20.8 Å². The van der Waals surface area contributed by atoms with Crippen LogP contribution in [0.5, 0.6) is 0 Å². The van der Waals surface area contributed by atoms with E-state index < -0.39 is 43.1 Å². The molecule has 3 heterocycles. The van der Waals surface area contributed by atoms with Gasteiger partial charge in [0.05, 0.1) is 54.1 Å². The highest BCUT2D eigenvalue weighted by Crippen LogP contribution is 2.45. The Kier molecular flexibility index (Phi) is 11.7. The first-order valence-corrected chi connectivity index (χ1v) is 17.4. The Morgan fingerprint density at radius 2 is 1.98 bits per heavy atom. The van der Waals surface area contributed by atoms with Gasteiger partial charge in [-0.25, -0.2) is 10.1 Å². The molecule has 2 aliphatic heterocycles. The topological polar surface area (TPSA) is 185 Å². The fourth-order valence-electron chi connectivity index (χ4n) is 5.54. The van der Waals surface area contributed by atoms with Gasteiger partial charge in [-0.15, -0.1) is 11.3 Å². The van der Waals surface area contributed by atoms with E-state index in [0.29, 0.717) is 17.1 Å². The number of nitrogens with two attached hydrogens (primary N) is 1. The molecule has 3 rings (SSSR count). The van der Waals surface area contributed by atoms with Crippen LogP contribution in [0.3, 0.4) is 0 Å². The average Bonchev–Trinajstić information content (AvgIpc) is 3.31. The maximum absolute atomic E-state index is 13.3. The van der Waals surface area contributed by atoms with Gasteiger partial charge in [-0.1, -0.05) is 34.1 Å². The summed E-state index contributed by atoms with van der Waals surface area (Å²) in [5.41, 5.74) is 5.11. The number of hydrogen-bond acceptors (Lipinski definition) is 10. The Hall–Kier alpha value is -1.50. The van der Waals surface area contributed by atoms with E-state index in [-0.39, 0.29) is 49.1 Å². The van der Waals surface area contributed by atoms with Gasteiger partial charge < -0.3 is 30.3 Å². The number of carbonyl (C=O) groups is 2. The molecule has 1 aromatic rings. The van der Waals surface area contributed by atoms with Crippen molar-refractivity contribution in [3.8, 4) is 0 Å². The summed E-state index contributed by atoms with van der Waals surface area (Å²) in [5.74, 6) is -1.75. The largest absolute Gasteiger partial charge is 0.458 e. The molecule has 0 aromatic carbocycles. The van der Waals surface area contributed by atoms with Crippen LogP contribution in [-0.4, -0.2) is 74.6 Å². The third-order valence-corrected chi connectivity index (χ3v) is 11.2. The highest BCUT2D eigenvalue weighted by Gasteiger charge is 2.53. The van der Waals surface area contributed by atoms with Crippen molar-refractivity contribution >= 4 is 36.7 Å². The number of esters is 1. The van der Waals surface area contributed by atoms with Crippen molar-refractivity contribution in [3.05, 3.63) is 21.7 Å². The fourth-order valence-corrected chi connectivity index (χ4v) is 7.24. The van der Waals surface area contributed by atoms with Crippen molar-refractivity contribution in [3.63, 3.8) is 0 Å². The molecule has 238 valence electrons. The predicted octanol–water partition coefficient (Wildman–Crippen LogP) is 3.40. The minimum absolute atomic E-state index is 0.0283. The summed E-state index contributed by atoms with van der Waals surface area (Å²) < 4.78 is 24.0. The highest BCUT2D eigenvalue weighted by atomic mass is 32.1. The Bertz CT molecular complexity index is 1190. The molecule has 0 bridgehead atoms. The second-order valence-corrected chi connectivity index (χ2v) is 15.8. The molecule has 2 unspecified atom stereocenters. The number of rotatable bonds is 7.